The summed E-state index contributed by atoms with van der Waals surface area (Å²) < 4.78 is 0. The summed E-state index contributed by atoms with van der Waals surface area (Å²) in [6.45, 7) is 3.84. The number of urea groups is 1. The number of aliphatic hydroxyl groups is 1. The number of aliphatic carboxylic acids is 1. The van der Waals surface area contributed by atoms with Gasteiger partial charge in [-0.05, 0) is 26.0 Å². The summed E-state index contributed by atoms with van der Waals surface area (Å²) in [5.41, 5.74) is 0.902. The van der Waals surface area contributed by atoms with Crippen LogP contribution < -0.4 is 5.32 Å². The Labute approximate surface area is 117 Å². The van der Waals surface area contributed by atoms with Crippen LogP contribution in [0, 0.1) is 0 Å². The van der Waals surface area contributed by atoms with Gasteiger partial charge >= 0.3 is 12.0 Å². The summed E-state index contributed by atoms with van der Waals surface area (Å²) in [5.74, 6) is -0.955. The molecule has 0 aliphatic carbocycles. The van der Waals surface area contributed by atoms with E-state index in [1.165, 1.54) is 11.1 Å². The molecule has 0 atom stereocenters. The molecule has 0 fully saturated rings. The maximum atomic E-state index is 12.0. The standard InChI is InChI=1S/C13H19N3O4/c1-9(2)16(5-6-17)13(20)15-11-4-3-10(14-8-11)7-12(18)19/h3-4,8-9,17H,5-7H2,1-2H3,(H,15,20)(H,18,19). The van der Waals surface area contributed by atoms with Crippen molar-refractivity contribution in [2.75, 3.05) is 18.5 Å². The zero-order chi connectivity index (χ0) is 15.1. The summed E-state index contributed by atoms with van der Waals surface area (Å²) in [4.78, 5) is 28.0. The molecular weight excluding hydrogens is 262 g/mol. The first-order valence-electron chi connectivity index (χ1n) is 6.29. The third-order valence-electron chi connectivity index (χ3n) is 2.63. The number of aromatic nitrogens is 1. The van der Waals surface area contributed by atoms with E-state index in [-0.39, 0.29) is 31.6 Å². The average molecular weight is 281 g/mol. The molecule has 0 saturated carbocycles. The van der Waals surface area contributed by atoms with Gasteiger partial charge in [-0.25, -0.2) is 4.79 Å². The molecular formula is C13H19N3O4. The molecule has 1 aromatic heterocycles. The molecule has 1 rings (SSSR count). The third-order valence-corrected chi connectivity index (χ3v) is 2.63. The molecule has 1 heterocycles. The lowest BCUT2D eigenvalue weighted by molar-refractivity contribution is -0.136. The maximum Gasteiger partial charge on any atom is 0.322 e. The normalized spacial score (nSPS) is 10.4. The fraction of sp³-hybridized carbons (Fsp3) is 0.462. The Morgan fingerprint density at radius 2 is 2.10 bits per heavy atom. The minimum absolute atomic E-state index is 0.0404. The number of carboxylic acids is 1. The first kappa shape index (κ1) is 15.9. The lowest BCUT2D eigenvalue weighted by Gasteiger charge is -2.26. The first-order chi connectivity index (χ1) is 9.43. The Balaban J connectivity index is 2.67. The van der Waals surface area contributed by atoms with Gasteiger partial charge in [-0.15, -0.1) is 0 Å². The Morgan fingerprint density at radius 3 is 2.55 bits per heavy atom. The van der Waals surface area contributed by atoms with Crippen LogP contribution in [0.2, 0.25) is 0 Å². The van der Waals surface area contributed by atoms with Gasteiger partial charge < -0.3 is 20.4 Å². The van der Waals surface area contributed by atoms with Crippen molar-refractivity contribution in [1.29, 1.82) is 0 Å². The highest BCUT2D eigenvalue weighted by Crippen LogP contribution is 2.09. The molecule has 0 aliphatic rings. The zero-order valence-corrected chi connectivity index (χ0v) is 11.5. The van der Waals surface area contributed by atoms with E-state index in [1.54, 1.807) is 12.1 Å². The van der Waals surface area contributed by atoms with Gasteiger partial charge in [0.25, 0.3) is 0 Å². The predicted molar refractivity (Wildman–Crippen MR) is 73.5 cm³/mol. The van der Waals surface area contributed by atoms with E-state index in [2.05, 4.69) is 10.3 Å². The van der Waals surface area contributed by atoms with Crippen LogP contribution in [0.5, 0.6) is 0 Å². The zero-order valence-electron chi connectivity index (χ0n) is 11.5. The topological polar surface area (TPSA) is 103 Å². The fourth-order valence-corrected chi connectivity index (χ4v) is 1.66. The second-order valence-electron chi connectivity index (χ2n) is 4.55. The highest BCUT2D eigenvalue weighted by molar-refractivity contribution is 5.89. The van der Waals surface area contributed by atoms with E-state index < -0.39 is 5.97 Å². The van der Waals surface area contributed by atoms with Crippen molar-refractivity contribution in [2.24, 2.45) is 0 Å². The largest absolute Gasteiger partial charge is 0.481 e. The van der Waals surface area contributed by atoms with Gasteiger partial charge in [0.1, 0.15) is 0 Å². The quantitative estimate of drug-likeness (QED) is 0.720. The van der Waals surface area contributed by atoms with Gasteiger partial charge in [0.15, 0.2) is 0 Å². The molecule has 0 spiro atoms. The van der Waals surface area contributed by atoms with Crippen LogP contribution in [0.25, 0.3) is 0 Å². The number of carbonyl (C=O) groups excluding carboxylic acids is 1. The van der Waals surface area contributed by atoms with Crippen LogP contribution in [-0.2, 0) is 11.2 Å². The molecule has 0 saturated heterocycles. The molecule has 110 valence electrons. The van der Waals surface area contributed by atoms with Gasteiger partial charge in [-0.1, -0.05) is 0 Å². The van der Waals surface area contributed by atoms with Gasteiger partial charge in [0.05, 0.1) is 30.6 Å². The Bertz CT molecular complexity index is 459. The molecule has 7 heteroatoms. The van der Waals surface area contributed by atoms with E-state index in [4.69, 9.17) is 10.2 Å². The van der Waals surface area contributed by atoms with Gasteiger partial charge in [0.2, 0.25) is 0 Å². The monoisotopic (exact) mass is 281 g/mol. The van der Waals surface area contributed by atoms with Crippen LogP contribution in [-0.4, -0.2) is 51.3 Å². The number of hydrogen-bond acceptors (Lipinski definition) is 4. The first-order valence-corrected chi connectivity index (χ1v) is 6.29. The van der Waals surface area contributed by atoms with Crippen LogP contribution in [0.1, 0.15) is 19.5 Å². The Kier molecular flexibility index (Phi) is 5.92. The highest BCUT2D eigenvalue weighted by atomic mass is 16.4. The van der Waals surface area contributed by atoms with Crippen molar-refractivity contribution in [3.8, 4) is 0 Å². The smallest absolute Gasteiger partial charge is 0.322 e. The third kappa shape index (κ3) is 4.85. The molecule has 0 aromatic carbocycles. The van der Waals surface area contributed by atoms with Crippen LogP contribution in [0.4, 0.5) is 10.5 Å². The van der Waals surface area contributed by atoms with Crippen molar-refractivity contribution < 1.29 is 19.8 Å². The van der Waals surface area contributed by atoms with E-state index >= 15 is 0 Å². The average Bonchev–Trinajstić information content (AvgIpc) is 2.37. The Hall–Kier alpha value is -2.15. The van der Waals surface area contributed by atoms with Crippen LogP contribution in [0.15, 0.2) is 18.3 Å². The SMILES string of the molecule is CC(C)N(CCO)C(=O)Nc1ccc(CC(=O)O)nc1. The lowest BCUT2D eigenvalue weighted by Crippen LogP contribution is -2.41. The molecule has 0 aliphatic heterocycles. The van der Waals surface area contributed by atoms with Gasteiger partial charge in [-0.3, -0.25) is 9.78 Å². The Morgan fingerprint density at radius 1 is 1.40 bits per heavy atom. The minimum Gasteiger partial charge on any atom is -0.481 e. The van der Waals surface area contributed by atoms with E-state index in [0.29, 0.717) is 11.4 Å². The molecule has 0 bridgehead atoms. The maximum absolute atomic E-state index is 12.0. The number of hydrogen-bond donors (Lipinski definition) is 3. The number of carbonyl (C=O) groups is 2. The molecule has 0 unspecified atom stereocenters. The summed E-state index contributed by atoms with van der Waals surface area (Å²) in [6, 6.07) is 2.78. The number of nitrogens with one attached hydrogen (secondary N) is 1. The van der Waals surface area contributed by atoms with Gasteiger partial charge in [-0.2, -0.15) is 0 Å². The number of pyridine rings is 1. The van der Waals surface area contributed by atoms with E-state index in [9.17, 15) is 9.59 Å². The summed E-state index contributed by atoms with van der Waals surface area (Å²) in [5, 5.41) is 20.2. The number of nitrogens with zero attached hydrogens (tertiary/aromatic N) is 2. The van der Waals surface area contributed by atoms with E-state index in [1.807, 2.05) is 13.8 Å². The molecule has 0 radical (unpaired) electrons. The highest BCUT2D eigenvalue weighted by Gasteiger charge is 2.16. The van der Waals surface area contributed by atoms with Crippen LogP contribution >= 0.6 is 0 Å². The van der Waals surface area contributed by atoms with Crippen molar-refractivity contribution in [2.45, 2.75) is 26.3 Å². The number of amides is 2. The van der Waals surface area contributed by atoms with Gasteiger partial charge in [0, 0.05) is 12.6 Å². The van der Waals surface area contributed by atoms with Crippen molar-refractivity contribution in [3.63, 3.8) is 0 Å². The van der Waals surface area contributed by atoms with Crippen molar-refractivity contribution >= 4 is 17.7 Å². The fourth-order valence-electron chi connectivity index (χ4n) is 1.66. The minimum atomic E-state index is -0.955. The number of aliphatic hydroxyl groups excluding tert-OH is 1. The number of rotatable bonds is 6. The van der Waals surface area contributed by atoms with Crippen molar-refractivity contribution in [3.05, 3.63) is 24.0 Å². The number of carboxylic acid groups (broad SMARTS) is 1. The summed E-state index contributed by atoms with van der Waals surface area (Å²) in [6.07, 6.45) is 1.25. The second-order valence-corrected chi connectivity index (χ2v) is 4.55. The number of anilines is 1. The molecule has 7 nitrogen and oxygen atoms in total. The van der Waals surface area contributed by atoms with Crippen LogP contribution in [0.3, 0.4) is 0 Å². The molecule has 3 N–H and O–H groups in total. The molecule has 20 heavy (non-hydrogen) atoms. The second kappa shape index (κ2) is 7.44. The van der Waals surface area contributed by atoms with E-state index in [0.717, 1.165) is 0 Å². The predicted octanol–water partition coefficient (Wildman–Crippen LogP) is 0.943. The molecule has 2 amide bonds. The summed E-state index contributed by atoms with van der Waals surface area (Å²) in [7, 11) is 0. The molecule has 1 aromatic rings. The lowest BCUT2D eigenvalue weighted by atomic mass is 10.2. The van der Waals surface area contributed by atoms with Crippen molar-refractivity contribution in [1.82, 2.24) is 9.88 Å². The summed E-state index contributed by atoms with van der Waals surface area (Å²) >= 11 is 0.